The fraction of sp³-hybridized carbons (Fsp3) is 0.588. The van der Waals surface area contributed by atoms with E-state index in [0.29, 0.717) is 35.8 Å². The van der Waals surface area contributed by atoms with Crippen LogP contribution in [0.5, 0.6) is 0 Å². The summed E-state index contributed by atoms with van der Waals surface area (Å²) >= 11 is 12.5. The van der Waals surface area contributed by atoms with E-state index in [4.69, 9.17) is 27.9 Å². The third-order valence-electron chi connectivity index (χ3n) is 4.99. The number of fused-ring (bicyclic) bond motifs is 1. The summed E-state index contributed by atoms with van der Waals surface area (Å²) in [6.07, 6.45) is 0.372. The first-order chi connectivity index (χ1) is 10.9. The number of ether oxygens (including phenoxy) is 1. The Balaban J connectivity index is 1.81. The Labute approximate surface area is 147 Å². The van der Waals surface area contributed by atoms with Crippen LogP contribution in [0, 0.1) is 0 Å². The quantitative estimate of drug-likeness (QED) is 0.774. The zero-order chi connectivity index (χ0) is 16.7. The molecule has 1 saturated heterocycles. The van der Waals surface area contributed by atoms with Gasteiger partial charge in [-0.25, -0.2) is 0 Å². The molecule has 3 atom stereocenters. The van der Waals surface area contributed by atoms with E-state index in [9.17, 15) is 4.79 Å². The van der Waals surface area contributed by atoms with Crippen LogP contribution in [0.4, 0.5) is 0 Å². The molecule has 0 spiro atoms. The number of amides is 1. The molecule has 3 rings (SSSR count). The van der Waals surface area contributed by atoms with Crippen LogP contribution in [0.25, 0.3) is 0 Å². The van der Waals surface area contributed by atoms with Crippen LogP contribution < -0.4 is 0 Å². The van der Waals surface area contributed by atoms with Crippen molar-refractivity contribution in [1.82, 2.24) is 9.80 Å². The molecular formula is C17H22Cl2N2O2. The van der Waals surface area contributed by atoms with E-state index < -0.39 is 6.10 Å². The van der Waals surface area contributed by atoms with Crippen molar-refractivity contribution in [2.45, 2.75) is 38.5 Å². The van der Waals surface area contributed by atoms with Crippen molar-refractivity contribution >= 4 is 29.1 Å². The van der Waals surface area contributed by atoms with Crippen molar-refractivity contribution in [1.29, 1.82) is 0 Å². The van der Waals surface area contributed by atoms with Crippen molar-refractivity contribution in [2.75, 3.05) is 26.7 Å². The van der Waals surface area contributed by atoms with Gasteiger partial charge in [0.2, 0.25) is 0 Å². The predicted molar refractivity (Wildman–Crippen MR) is 92.1 cm³/mol. The molecule has 1 fully saturated rings. The van der Waals surface area contributed by atoms with Crippen molar-refractivity contribution in [3.8, 4) is 0 Å². The van der Waals surface area contributed by atoms with Gasteiger partial charge < -0.3 is 9.64 Å². The first-order valence-electron chi connectivity index (χ1n) is 7.98. The fourth-order valence-corrected chi connectivity index (χ4v) is 4.11. The number of halogens is 2. The van der Waals surface area contributed by atoms with E-state index >= 15 is 0 Å². The summed E-state index contributed by atoms with van der Waals surface area (Å²) in [6.45, 7) is 6.00. The minimum atomic E-state index is -0.397. The monoisotopic (exact) mass is 356 g/mol. The van der Waals surface area contributed by atoms with Crippen molar-refractivity contribution < 1.29 is 9.53 Å². The highest BCUT2D eigenvalue weighted by atomic mass is 35.5. The van der Waals surface area contributed by atoms with Crippen molar-refractivity contribution in [3.05, 3.63) is 33.3 Å². The number of nitrogens with zero attached hydrogens (tertiary/aromatic N) is 2. The minimum absolute atomic E-state index is 0.0490. The Hall–Kier alpha value is -0.810. The summed E-state index contributed by atoms with van der Waals surface area (Å²) in [5, 5.41) is 1.28. The van der Waals surface area contributed by atoms with Gasteiger partial charge in [-0.1, -0.05) is 23.2 Å². The van der Waals surface area contributed by atoms with Crippen LogP contribution in [-0.4, -0.2) is 54.6 Å². The summed E-state index contributed by atoms with van der Waals surface area (Å²) in [4.78, 5) is 17.0. The van der Waals surface area contributed by atoms with Gasteiger partial charge in [0.15, 0.2) is 0 Å². The molecular weight excluding hydrogens is 335 g/mol. The first kappa shape index (κ1) is 17.0. The van der Waals surface area contributed by atoms with E-state index in [2.05, 4.69) is 11.8 Å². The average Bonchev–Trinajstić information content (AvgIpc) is 2.49. The minimum Gasteiger partial charge on any atom is -0.365 e. The number of likely N-dealkylation sites (N-methyl/N-ethyl adjacent to an activating group) is 1. The highest BCUT2D eigenvalue weighted by Crippen LogP contribution is 2.37. The lowest BCUT2D eigenvalue weighted by Crippen LogP contribution is -2.54. The lowest BCUT2D eigenvalue weighted by molar-refractivity contribution is -0.154. The third-order valence-corrected chi connectivity index (χ3v) is 5.52. The summed E-state index contributed by atoms with van der Waals surface area (Å²) in [5.74, 6) is 0.0490. The van der Waals surface area contributed by atoms with Gasteiger partial charge in [-0.15, -0.1) is 0 Å². The topological polar surface area (TPSA) is 32.8 Å². The lowest BCUT2D eigenvalue weighted by Gasteiger charge is -2.41. The molecule has 0 radical (unpaired) electrons. The van der Waals surface area contributed by atoms with E-state index in [-0.39, 0.29) is 11.9 Å². The highest BCUT2D eigenvalue weighted by molar-refractivity contribution is 6.35. The summed E-state index contributed by atoms with van der Waals surface area (Å²) in [5.41, 5.74) is 2.14. The standard InChI is InChI=1S/C17H22Cl2N2O2/c1-10-9-23-15(8-20(10)3)17(22)21-5-4-12-6-13(18)7-14(19)16(12)11(21)2/h6-7,10-11,15H,4-5,8-9H2,1-3H3/t10-,11+,15-/m1/s1. The smallest absolute Gasteiger partial charge is 0.253 e. The van der Waals surface area contributed by atoms with Crippen LogP contribution in [0.2, 0.25) is 10.0 Å². The summed E-state index contributed by atoms with van der Waals surface area (Å²) in [7, 11) is 2.03. The van der Waals surface area contributed by atoms with Crippen LogP contribution in [-0.2, 0) is 16.0 Å². The molecule has 0 N–H and O–H groups in total. The van der Waals surface area contributed by atoms with Gasteiger partial charge >= 0.3 is 0 Å². The molecule has 1 aromatic carbocycles. The maximum atomic E-state index is 12.9. The van der Waals surface area contributed by atoms with E-state index in [0.717, 1.165) is 17.5 Å². The molecule has 1 amide bonds. The number of benzene rings is 1. The van der Waals surface area contributed by atoms with E-state index in [1.165, 1.54) is 0 Å². The molecule has 1 aromatic rings. The molecule has 0 aromatic heterocycles. The van der Waals surface area contributed by atoms with Crippen molar-refractivity contribution in [3.63, 3.8) is 0 Å². The Kier molecular flexibility index (Phi) is 4.88. The van der Waals surface area contributed by atoms with Gasteiger partial charge in [-0.3, -0.25) is 9.69 Å². The summed E-state index contributed by atoms with van der Waals surface area (Å²) in [6, 6.07) is 3.98. The normalized spacial score (nSPS) is 28.6. The van der Waals surface area contributed by atoms with Gasteiger partial charge in [0.05, 0.1) is 12.6 Å². The van der Waals surface area contributed by atoms with Crippen LogP contribution in [0.15, 0.2) is 12.1 Å². The number of rotatable bonds is 1. The van der Waals surface area contributed by atoms with Crippen LogP contribution in [0.3, 0.4) is 0 Å². The fourth-order valence-electron chi connectivity index (χ4n) is 3.42. The number of carbonyl (C=O) groups is 1. The molecule has 2 aliphatic heterocycles. The Morgan fingerprint density at radius 2 is 2.04 bits per heavy atom. The molecule has 23 heavy (non-hydrogen) atoms. The molecule has 126 valence electrons. The SMILES string of the molecule is C[C@@H]1CO[C@@H](C(=O)N2CCc3cc(Cl)cc(Cl)c3[C@@H]2C)CN1C. The van der Waals surface area contributed by atoms with Gasteiger partial charge in [0.1, 0.15) is 6.10 Å². The van der Waals surface area contributed by atoms with Crippen molar-refractivity contribution in [2.24, 2.45) is 0 Å². The first-order valence-corrected chi connectivity index (χ1v) is 8.74. The molecule has 0 saturated carbocycles. The molecule has 2 aliphatic rings. The van der Waals surface area contributed by atoms with Gasteiger partial charge in [0.25, 0.3) is 5.91 Å². The zero-order valence-corrected chi connectivity index (χ0v) is 15.2. The Bertz CT molecular complexity index is 623. The maximum absolute atomic E-state index is 12.9. The molecule has 0 aliphatic carbocycles. The molecule has 0 bridgehead atoms. The van der Waals surface area contributed by atoms with E-state index in [1.807, 2.05) is 24.9 Å². The van der Waals surface area contributed by atoms with Gasteiger partial charge in [-0.05, 0) is 50.6 Å². The van der Waals surface area contributed by atoms with Crippen LogP contribution in [0.1, 0.15) is 31.0 Å². The van der Waals surface area contributed by atoms with Crippen LogP contribution >= 0.6 is 23.2 Å². The third kappa shape index (κ3) is 3.22. The number of morpholine rings is 1. The number of hydrogen-bond donors (Lipinski definition) is 0. The Morgan fingerprint density at radius 3 is 2.74 bits per heavy atom. The highest BCUT2D eigenvalue weighted by Gasteiger charge is 2.36. The second-order valence-electron chi connectivity index (χ2n) is 6.53. The summed E-state index contributed by atoms with van der Waals surface area (Å²) < 4.78 is 5.77. The van der Waals surface area contributed by atoms with Gasteiger partial charge in [0, 0.05) is 29.2 Å². The number of hydrogen-bond acceptors (Lipinski definition) is 3. The Morgan fingerprint density at radius 1 is 1.30 bits per heavy atom. The van der Waals surface area contributed by atoms with E-state index in [1.54, 1.807) is 6.07 Å². The molecule has 6 heteroatoms. The van der Waals surface area contributed by atoms with Gasteiger partial charge in [-0.2, -0.15) is 0 Å². The second-order valence-corrected chi connectivity index (χ2v) is 7.37. The second kappa shape index (κ2) is 6.60. The largest absolute Gasteiger partial charge is 0.365 e. The maximum Gasteiger partial charge on any atom is 0.253 e. The average molecular weight is 357 g/mol. The number of carbonyl (C=O) groups excluding carboxylic acids is 1. The molecule has 4 nitrogen and oxygen atoms in total. The molecule has 2 heterocycles. The predicted octanol–water partition coefficient (Wildman–Crippen LogP) is 3.16. The lowest BCUT2D eigenvalue weighted by atomic mass is 9.93. The molecule has 0 unspecified atom stereocenters. The zero-order valence-electron chi connectivity index (χ0n) is 13.7.